The van der Waals surface area contributed by atoms with Crippen molar-refractivity contribution in [2.45, 2.75) is 6.61 Å². The zero-order valence-corrected chi connectivity index (χ0v) is 13.5. The molecular formula is C18H17F2N3O3. The van der Waals surface area contributed by atoms with Gasteiger partial charge in [-0.05, 0) is 34.9 Å². The van der Waals surface area contributed by atoms with Gasteiger partial charge in [0, 0.05) is 0 Å². The van der Waals surface area contributed by atoms with Crippen LogP contribution in [0.5, 0.6) is 5.75 Å². The molecule has 0 amide bonds. The second kappa shape index (κ2) is 8.63. The van der Waals surface area contributed by atoms with Crippen LogP contribution in [-0.4, -0.2) is 17.7 Å². The first-order chi connectivity index (χ1) is 12.4. The molecule has 0 aliphatic carbocycles. The summed E-state index contributed by atoms with van der Waals surface area (Å²) in [6.45, 7) is -2.86. The molecule has 0 aliphatic heterocycles. The molecule has 6 N–H and O–H groups in total. The number of hydrogen-bond donors (Lipinski definition) is 4. The van der Waals surface area contributed by atoms with E-state index in [2.05, 4.69) is 10.2 Å². The first-order valence-electron chi connectivity index (χ1n) is 7.43. The lowest BCUT2D eigenvalue weighted by Gasteiger charge is -2.06. The van der Waals surface area contributed by atoms with E-state index in [1.54, 1.807) is 30.3 Å². The van der Waals surface area contributed by atoms with Crippen LogP contribution < -0.4 is 21.7 Å². The Morgan fingerprint density at radius 2 is 1.62 bits per heavy atom. The van der Waals surface area contributed by atoms with E-state index in [9.17, 15) is 13.6 Å². The number of alkyl halides is 2. The highest BCUT2D eigenvalue weighted by atomic mass is 19.3. The predicted octanol–water partition coefficient (Wildman–Crippen LogP) is 2.69. The Kier molecular flexibility index (Phi) is 6.29. The average molecular weight is 361 g/mol. The summed E-state index contributed by atoms with van der Waals surface area (Å²) in [5.74, 6) is 4.07. The minimum atomic E-state index is -2.86. The van der Waals surface area contributed by atoms with E-state index in [0.717, 1.165) is 16.7 Å². The zero-order chi connectivity index (χ0) is 19.1. The highest BCUT2D eigenvalue weighted by Gasteiger charge is 2.07. The molecule has 0 unspecified atom stereocenters. The molecule has 0 saturated carbocycles. The molecular weight excluding hydrogens is 344 g/mol. The fourth-order valence-electron chi connectivity index (χ4n) is 2.13. The molecule has 0 aromatic heterocycles. The Morgan fingerprint density at radius 3 is 2.08 bits per heavy atom. The molecule has 8 heteroatoms. The zero-order valence-electron chi connectivity index (χ0n) is 13.5. The van der Waals surface area contributed by atoms with Crippen molar-refractivity contribution in [2.75, 3.05) is 0 Å². The minimum absolute atomic E-state index is 0.0798. The van der Waals surface area contributed by atoms with Crippen molar-refractivity contribution in [3.05, 3.63) is 71.6 Å². The first-order valence-corrected chi connectivity index (χ1v) is 7.43. The van der Waals surface area contributed by atoms with Gasteiger partial charge in [-0.15, -0.1) is 0 Å². The van der Waals surface area contributed by atoms with Crippen LogP contribution in [0.2, 0.25) is 0 Å². The molecule has 2 aromatic carbocycles. The van der Waals surface area contributed by atoms with E-state index in [1.807, 2.05) is 12.1 Å². The third kappa shape index (κ3) is 5.05. The van der Waals surface area contributed by atoms with Crippen molar-refractivity contribution >= 4 is 12.0 Å². The number of halogens is 2. The number of carboxylic acid groups (broad SMARTS) is 1. The van der Waals surface area contributed by atoms with Crippen LogP contribution in [0.1, 0.15) is 5.56 Å². The quantitative estimate of drug-likeness (QED) is 0.261. The van der Waals surface area contributed by atoms with Crippen molar-refractivity contribution in [1.82, 2.24) is 5.43 Å². The van der Waals surface area contributed by atoms with Crippen LogP contribution in [-0.2, 0) is 4.79 Å². The molecule has 0 fully saturated rings. The Morgan fingerprint density at radius 1 is 1.08 bits per heavy atom. The second-order valence-electron chi connectivity index (χ2n) is 5.14. The van der Waals surface area contributed by atoms with Crippen LogP contribution in [0.25, 0.3) is 17.2 Å². The number of rotatable bonds is 7. The van der Waals surface area contributed by atoms with Crippen molar-refractivity contribution in [3.8, 4) is 16.9 Å². The Hall–Kier alpha value is -3.39. The largest absolute Gasteiger partial charge is 0.477 e. The molecule has 0 atom stereocenters. The van der Waals surface area contributed by atoms with Gasteiger partial charge in [0.1, 0.15) is 11.4 Å². The SMILES string of the molecule is NNC(/C=C/c1ccc(-c2ccc(OC(F)F)cc2)cc1)=C(\N)C(=O)O. The summed E-state index contributed by atoms with van der Waals surface area (Å²) in [6, 6.07) is 13.6. The van der Waals surface area contributed by atoms with E-state index in [-0.39, 0.29) is 11.4 Å². The topological polar surface area (TPSA) is 111 Å². The third-order valence-electron chi connectivity index (χ3n) is 3.44. The van der Waals surface area contributed by atoms with Crippen LogP contribution in [0.15, 0.2) is 66.0 Å². The molecule has 0 spiro atoms. The summed E-state index contributed by atoms with van der Waals surface area (Å²) in [5, 5.41) is 8.85. The van der Waals surface area contributed by atoms with E-state index in [4.69, 9.17) is 16.7 Å². The molecule has 0 radical (unpaired) electrons. The van der Waals surface area contributed by atoms with Gasteiger partial charge in [-0.1, -0.05) is 42.5 Å². The number of nitrogens with two attached hydrogens (primary N) is 2. The summed E-state index contributed by atoms with van der Waals surface area (Å²) in [7, 11) is 0. The number of aliphatic carboxylic acids is 1. The van der Waals surface area contributed by atoms with Crippen molar-refractivity contribution < 1.29 is 23.4 Å². The summed E-state index contributed by atoms with van der Waals surface area (Å²) < 4.78 is 28.6. The lowest BCUT2D eigenvalue weighted by molar-refractivity contribution is -0.132. The van der Waals surface area contributed by atoms with E-state index in [0.29, 0.717) is 0 Å². The number of allylic oxidation sites excluding steroid dienone is 1. The van der Waals surface area contributed by atoms with Crippen LogP contribution in [0.3, 0.4) is 0 Å². The smallest absolute Gasteiger partial charge is 0.387 e. The normalized spacial score (nSPS) is 12.2. The maximum atomic E-state index is 12.2. The standard InChI is InChI=1S/C18H17F2N3O3/c19-18(20)26-14-8-6-13(7-9-14)12-4-1-11(2-5-12)3-10-15(23-22)16(21)17(24)25/h1-10,18,23H,21-22H2,(H,24,25)/b10-3+,16-15-. The molecule has 136 valence electrons. The number of ether oxygens (including phenoxy) is 1. The number of benzene rings is 2. The van der Waals surface area contributed by atoms with Crippen molar-refractivity contribution in [2.24, 2.45) is 11.6 Å². The second-order valence-corrected chi connectivity index (χ2v) is 5.14. The van der Waals surface area contributed by atoms with E-state index >= 15 is 0 Å². The van der Waals surface area contributed by atoms with Gasteiger partial charge in [0.05, 0.1) is 5.70 Å². The number of hydrogen-bond acceptors (Lipinski definition) is 5. The lowest BCUT2D eigenvalue weighted by atomic mass is 10.0. The third-order valence-corrected chi connectivity index (χ3v) is 3.44. The van der Waals surface area contributed by atoms with Crippen molar-refractivity contribution in [1.29, 1.82) is 0 Å². The van der Waals surface area contributed by atoms with Crippen LogP contribution in [0.4, 0.5) is 8.78 Å². The van der Waals surface area contributed by atoms with E-state index < -0.39 is 18.3 Å². The Bertz CT molecular complexity index is 817. The van der Waals surface area contributed by atoms with Gasteiger partial charge in [0.2, 0.25) is 0 Å². The van der Waals surface area contributed by atoms with Crippen LogP contribution in [0, 0.1) is 0 Å². The molecule has 2 rings (SSSR count). The number of carbonyl (C=O) groups is 1. The average Bonchev–Trinajstić information content (AvgIpc) is 2.62. The Balaban J connectivity index is 2.14. The molecule has 0 bridgehead atoms. The molecule has 0 heterocycles. The molecule has 0 aliphatic rings. The van der Waals surface area contributed by atoms with E-state index in [1.165, 1.54) is 18.2 Å². The minimum Gasteiger partial charge on any atom is -0.477 e. The summed E-state index contributed by atoms with van der Waals surface area (Å²) in [4.78, 5) is 10.8. The van der Waals surface area contributed by atoms with Gasteiger partial charge in [0.25, 0.3) is 0 Å². The highest BCUT2D eigenvalue weighted by Crippen LogP contribution is 2.24. The van der Waals surface area contributed by atoms with Crippen LogP contribution >= 0.6 is 0 Å². The van der Waals surface area contributed by atoms with Gasteiger partial charge in [-0.25, -0.2) is 4.79 Å². The molecule has 2 aromatic rings. The monoisotopic (exact) mass is 361 g/mol. The fourth-order valence-corrected chi connectivity index (χ4v) is 2.13. The molecule has 0 saturated heterocycles. The number of carboxylic acids is 1. The number of hydrazine groups is 1. The molecule has 6 nitrogen and oxygen atoms in total. The van der Waals surface area contributed by atoms with Gasteiger partial charge in [0.15, 0.2) is 0 Å². The molecule has 26 heavy (non-hydrogen) atoms. The summed E-state index contributed by atoms with van der Waals surface area (Å²) >= 11 is 0. The lowest BCUT2D eigenvalue weighted by Crippen LogP contribution is -2.26. The van der Waals surface area contributed by atoms with Gasteiger partial charge in [-0.2, -0.15) is 8.78 Å². The van der Waals surface area contributed by atoms with Crippen molar-refractivity contribution in [3.63, 3.8) is 0 Å². The van der Waals surface area contributed by atoms with Gasteiger partial charge in [-0.3, -0.25) is 5.84 Å². The predicted molar refractivity (Wildman–Crippen MR) is 93.7 cm³/mol. The van der Waals surface area contributed by atoms with Gasteiger partial charge < -0.3 is 21.0 Å². The maximum Gasteiger partial charge on any atom is 0.387 e. The number of nitrogens with one attached hydrogen (secondary N) is 1. The summed E-state index contributed by atoms with van der Waals surface area (Å²) in [6.07, 6.45) is 3.10. The highest BCUT2D eigenvalue weighted by molar-refractivity contribution is 5.87. The maximum absolute atomic E-state index is 12.2. The summed E-state index contributed by atoms with van der Waals surface area (Å²) in [5.41, 5.74) is 9.82. The fraction of sp³-hybridized carbons (Fsp3) is 0.0556. The first kappa shape index (κ1) is 18.9. The Labute approximate surface area is 148 Å². The van der Waals surface area contributed by atoms with Gasteiger partial charge >= 0.3 is 12.6 Å².